The lowest BCUT2D eigenvalue weighted by Gasteiger charge is -2.32. The molecule has 3 aliphatic heterocycles. The van der Waals surface area contributed by atoms with Crippen molar-refractivity contribution >= 4 is 50.8 Å². The van der Waals surface area contributed by atoms with Crippen molar-refractivity contribution in [3.05, 3.63) is 52.5 Å². The van der Waals surface area contributed by atoms with Crippen molar-refractivity contribution in [2.75, 3.05) is 0 Å². The molecule has 0 bridgehead atoms. The molecule has 0 aromatic carbocycles. The van der Waals surface area contributed by atoms with Gasteiger partial charge >= 0.3 is 21.1 Å². The first-order valence-electron chi connectivity index (χ1n) is 18.5. The van der Waals surface area contributed by atoms with Crippen molar-refractivity contribution in [1.82, 2.24) is 9.97 Å². The van der Waals surface area contributed by atoms with Crippen molar-refractivity contribution in [3.63, 3.8) is 0 Å². The quantitative estimate of drug-likeness (QED) is 0.217. The van der Waals surface area contributed by atoms with Crippen LogP contribution >= 0.6 is 15.9 Å². The topological polar surface area (TPSA) is 90.4 Å². The normalized spacial score (nSPS) is 22.8. The SMILES string of the molecule is CC1(C)OB(B2OC(C)(C)C(C)(C)O2)OC1(C)C.CC1(C)OB(c2ccc([13C](C)([13CH3])[13CH3])nc2)OC1(C)C.C[Si](C)(C)O[13C]([13CH3])([13CH3])c1ccc(Br)cn1. The third-order valence-corrected chi connectivity index (χ3v) is 12.3. The Kier molecular flexibility index (Phi) is 13.2. The summed E-state index contributed by atoms with van der Waals surface area (Å²) < 4.78 is 43.0. The molecule has 5 heterocycles. The van der Waals surface area contributed by atoms with E-state index in [0.29, 0.717) is 0 Å². The Morgan fingerprint density at radius 3 is 1.23 bits per heavy atom. The summed E-state index contributed by atoms with van der Waals surface area (Å²) in [5.74, 6) is 0. The molecular formula is C38H66B3BrN2O7Si. The highest BCUT2D eigenvalue weighted by Crippen LogP contribution is 2.43. The molecule has 0 aliphatic carbocycles. The van der Waals surface area contributed by atoms with Crippen molar-refractivity contribution < 1.29 is 32.4 Å². The Bertz CT molecular complexity index is 1420. The van der Waals surface area contributed by atoms with Gasteiger partial charge in [0.2, 0.25) is 0 Å². The molecule has 52 heavy (non-hydrogen) atoms. The predicted molar refractivity (Wildman–Crippen MR) is 220 cm³/mol. The van der Waals surface area contributed by atoms with E-state index < -0.39 is 22.3 Å². The third kappa shape index (κ3) is 10.8. The average molecular weight is 809 g/mol. The van der Waals surface area contributed by atoms with Crippen LogP contribution in [0.2, 0.25) is 19.6 Å². The Hall–Kier alpha value is -1.09. The molecule has 0 unspecified atom stereocenters. The van der Waals surface area contributed by atoms with Crippen LogP contribution in [-0.2, 0) is 43.4 Å². The van der Waals surface area contributed by atoms with Crippen LogP contribution in [0.3, 0.4) is 0 Å². The molecule has 5 rings (SSSR count). The zero-order chi connectivity index (χ0) is 40.1. The van der Waals surface area contributed by atoms with Gasteiger partial charge in [-0.1, -0.05) is 26.8 Å². The number of pyridine rings is 2. The summed E-state index contributed by atoms with van der Waals surface area (Å²) in [4.78, 5) is 8.91. The van der Waals surface area contributed by atoms with Gasteiger partial charge in [-0.25, -0.2) is 0 Å². The molecule has 0 atom stereocenters. The Balaban J connectivity index is 0.000000212. The van der Waals surface area contributed by atoms with E-state index in [1.807, 2.05) is 79.9 Å². The Morgan fingerprint density at radius 1 is 0.558 bits per heavy atom. The summed E-state index contributed by atoms with van der Waals surface area (Å²) in [5, 5.41) is 0. The number of aromatic nitrogens is 2. The second kappa shape index (κ2) is 15.1. The van der Waals surface area contributed by atoms with Crippen LogP contribution in [0.25, 0.3) is 0 Å². The van der Waals surface area contributed by atoms with Gasteiger partial charge in [-0.2, -0.15) is 0 Å². The Labute approximate surface area is 326 Å². The number of rotatable bonds is 5. The lowest BCUT2D eigenvalue weighted by molar-refractivity contribution is 0.00578. The van der Waals surface area contributed by atoms with E-state index in [1.54, 1.807) is 0 Å². The van der Waals surface area contributed by atoms with E-state index in [1.165, 1.54) is 0 Å². The van der Waals surface area contributed by atoms with Gasteiger partial charge in [0.25, 0.3) is 0 Å². The maximum absolute atomic E-state index is 6.11. The van der Waals surface area contributed by atoms with E-state index in [0.717, 1.165) is 21.3 Å². The monoisotopic (exact) mass is 808 g/mol. The molecule has 2 aromatic rings. The smallest absolute Gasteiger partial charge is 0.407 e. The standard InChI is InChI=1S/C15H24BNO2.C12H24B2O4.C11H18BrNOSi/c1-13(2,3)12-9-8-11(10-17-12)16-18-14(4,5)15(6,7)19-16;1-9(2)10(3,4)16-13(15-9)14-17-11(5,6)12(7,8)18-14;1-11(2,14-15(3,4)5)10-7-6-9(12)8-13-10/h8-10H,1-7H3;1-8H3;6-8H,1-5H3/i1+1,2+1,13+1;;1+1,2+1,11+1. The van der Waals surface area contributed by atoms with Crippen LogP contribution in [0.1, 0.15) is 129 Å². The summed E-state index contributed by atoms with van der Waals surface area (Å²) >= 11 is 3.38. The van der Waals surface area contributed by atoms with Gasteiger partial charge in [0.1, 0.15) is 0 Å². The molecule has 14 heteroatoms. The van der Waals surface area contributed by atoms with Gasteiger partial charge in [-0.3, -0.25) is 9.97 Å². The van der Waals surface area contributed by atoms with Crippen molar-refractivity contribution in [2.24, 2.45) is 0 Å². The molecular weight excluding hydrogens is 743 g/mol. The molecule has 290 valence electrons. The van der Waals surface area contributed by atoms with Crippen molar-refractivity contribution in [3.8, 4) is 0 Å². The van der Waals surface area contributed by atoms with Gasteiger partial charge < -0.3 is 32.4 Å². The second-order valence-electron chi connectivity index (χ2n) is 19.7. The molecule has 0 N–H and O–H groups in total. The molecule has 3 fully saturated rings. The summed E-state index contributed by atoms with van der Waals surface area (Å²) in [6.45, 7) is 41.6. The molecule has 2 aromatic heterocycles. The number of hydrogen-bond acceptors (Lipinski definition) is 9. The summed E-state index contributed by atoms with van der Waals surface area (Å²) in [6.07, 6.45) is 3.67. The largest absolute Gasteiger partial charge is 0.496 e. The first-order chi connectivity index (χ1) is 23.1. The minimum absolute atomic E-state index is 0.0640. The van der Waals surface area contributed by atoms with E-state index in [2.05, 4.69) is 120 Å². The molecule has 3 aliphatic rings. The molecule has 3 saturated heterocycles. The van der Waals surface area contributed by atoms with Crippen LogP contribution in [0.15, 0.2) is 41.1 Å². The minimum Gasteiger partial charge on any atom is -0.407 e. The molecule has 9 nitrogen and oxygen atoms in total. The minimum atomic E-state index is -1.54. The van der Waals surface area contributed by atoms with E-state index >= 15 is 0 Å². The lowest BCUT2D eigenvalue weighted by atomic mass is 9.49. The summed E-state index contributed by atoms with van der Waals surface area (Å²) in [5.41, 5.74) is 0.748. The number of halogens is 1. The summed E-state index contributed by atoms with van der Waals surface area (Å²) in [6, 6.07) is 8.11. The lowest BCUT2D eigenvalue weighted by Crippen LogP contribution is -2.41. The molecule has 0 spiro atoms. The predicted octanol–water partition coefficient (Wildman–Crippen LogP) is 8.86. The van der Waals surface area contributed by atoms with Gasteiger partial charge in [-0.15, -0.1) is 0 Å². The van der Waals surface area contributed by atoms with E-state index in [-0.39, 0.29) is 51.7 Å². The van der Waals surface area contributed by atoms with Crippen molar-refractivity contribution in [2.45, 2.75) is 182 Å². The maximum atomic E-state index is 6.11. The maximum Gasteiger partial charge on any atom is 0.496 e. The zero-order valence-corrected chi connectivity index (χ0v) is 38.4. The highest BCUT2D eigenvalue weighted by Gasteiger charge is 2.63. The number of hydrogen-bond donors (Lipinski definition) is 0. The highest BCUT2D eigenvalue weighted by atomic mass is 79.9. The Morgan fingerprint density at radius 2 is 0.923 bits per heavy atom. The van der Waals surface area contributed by atoms with Crippen LogP contribution in [0.4, 0.5) is 0 Å². The third-order valence-electron chi connectivity index (χ3n) is 10.8. The average Bonchev–Trinajstić information content (AvgIpc) is 3.41. The highest BCUT2D eigenvalue weighted by molar-refractivity contribution is 9.10. The first kappa shape index (κ1) is 45.3. The van der Waals surface area contributed by atoms with E-state index in [4.69, 9.17) is 32.4 Å². The number of nitrogens with zero attached hydrogens (tertiary/aromatic N) is 2. The van der Waals surface area contributed by atoms with Crippen LogP contribution < -0.4 is 5.46 Å². The fourth-order valence-corrected chi connectivity index (χ4v) is 7.39. The molecule has 0 radical (unpaired) electrons. The van der Waals surface area contributed by atoms with E-state index in [9.17, 15) is 0 Å². The first-order valence-corrected chi connectivity index (χ1v) is 22.7. The summed E-state index contributed by atoms with van der Waals surface area (Å²) in [7, 11) is -2.82. The van der Waals surface area contributed by atoms with Crippen LogP contribution in [0, 0.1) is 0 Å². The van der Waals surface area contributed by atoms with Gasteiger partial charge in [0, 0.05) is 33.4 Å². The van der Waals surface area contributed by atoms with Crippen LogP contribution in [-0.4, -0.2) is 73.0 Å². The van der Waals surface area contributed by atoms with Gasteiger partial charge in [0.15, 0.2) is 8.32 Å². The van der Waals surface area contributed by atoms with Crippen LogP contribution in [0.5, 0.6) is 0 Å². The molecule has 0 saturated carbocycles. The molecule has 0 amide bonds. The van der Waals surface area contributed by atoms with Gasteiger partial charge in [-0.05, 0) is 151 Å². The fraction of sp³-hybridized carbons (Fsp3) is 0.737. The van der Waals surface area contributed by atoms with Gasteiger partial charge in [0.05, 0.1) is 44.9 Å². The second-order valence-corrected chi connectivity index (χ2v) is 25.0. The zero-order valence-electron chi connectivity index (χ0n) is 35.8. The van der Waals surface area contributed by atoms with Crippen molar-refractivity contribution in [1.29, 1.82) is 0 Å². The fourth-order valence-electron chi connectivity index (χ4n) is 5.52.